The van der Waals surface area contributed by atoms with Crippen molar-refractivity contribution < 1.29 is 9.90 Å². The zero-order valence-corrected chi connectivity index (χ0v) is 9.46. The van der Waals surface area contributed by atoms with Crippen LogP contribution in [0.25, 0.3) is 0 Å². The van der Waals surface area contributed by atoms with Gasteiger partial charge in [-0.3, -0.25) is 9.48 Å². The second-order valence-electron chi connectivity index (χ2n) is 4.62. The maximum atomic E-state index is 11.9. The minimum Gasteiger partial charge on any atom is -0.388 e. The largest absolute Gasteiger partial charge is 0.388 e. The van der Waals surface area contributed by atoms with E-state index in [-0.39, 0.29) is 12.5 Å². The molecule has 1 saturated heterocycles. The van der Waals surface area contributed by atoms with Crippen LogP contribution in [0.1, 0.15) is 19.8 Å². The van der Waals surface area contributed by atoms with E-state index in [1.807, 2.05) is 0 Å². The second kappa shape index (κ2) is 4.25. The first-order valence-corrected chi connectivity index (χ1v) is 5.54. The monoisotopic (exact) mass is 223 g/mol. The zero-order valence-electron chi connectivity index (χ0n) is 9.46. The quantitative estimate of drug-likeness (QED) is 0.782. The average molecular weight is 223 g/mol. The predicted octanol–water partition coefficient (Wildman–Crippen LogP) is 0.256. The maximum Gasteiger partial charge on any atom is 0.244 e. The standard InChI is InChI=1S/C11H17N3O2/c1-11(16)4-2-6-13(9-11)10(15)8-14-7-3-5-12-14/h3,5,7,16H,2,4,6,8-9H2,1H3. The van der Waals surface area contributed by atoms with Crippen LogP contribution >= 0.6 is 0 Å². The van der Waals surface area contributed by atoms with Crippen LogP contribution in [0.5, 0.6) is 0 Å². The lowest BCUT2D eigenvalue weighted by Gasteiger charge is -2.36. The Morgan fingerprint density at radius 3 is 3.06 bits per heavy atom. The molecule has 0 aliphatic carbocycles. The van der Waals surface area contributed by atoms with E-state index in [0.717, 1.165) is 19.4 Å². The van der Waals surface area contributed by atoms with Crippen LogP contribution in [0.4, 0.5) is 0 Å². The number of aliphatic hydroxyl groups is 1. The third kappa shape index (κ3) is 2.61. The molecule has 1 atom stereocenters. The maximum absolute atomic E-state index is 11.9. The van der Waals surface area contributed by atoms with E-state index in [1.165, 1.54) is 0 Å². The van der Waals surface area contributed by atoms with Crippen molar-refractivity contribution >= 4 is 5.91 Å². The fourth-order valence-corrected chi connectivity index (χ4v) is 2.07. The molecule has 1 unspecified atom stereocenters. The van der Waals surface area contributed by atoms with Crippen LogP contribution < -0.4 is 0 Å². The molecule has 0 saturated carbocycles. The summed E-state index contributed by atoms with van der Waals surface area (Å²) in [4.78, 5) is 13.6. The van der Waals surface area contributed by atoms with Crippen LogP contribution in [-0.2, 0) is 11.3 Å². The molecule has 1 fully saturated rings. The van der Waals surface area contributed by atoms with E-state index in [0.29, 0.717) is 6.54 Å². The molecule has 0 radical (unpaired) electrons. The highest BCUT2D eigenvalue weighted by Gasteiger charge is 2.30. The molecule has 2 heterocycles. The zero-order chi connectivity index (χ0) is 11.6. The van der Waals surface area contributed by atoms with Crippen molar-refractivity contribution in [2.24, 2.45) is 0 Å². The lowest BCUT2D eigenvalue weighted by molar-refractivity contribution is -0.138. The van der Waals surface area contributed by atoms with Crippen molar-refractivity contribution in [3.63, 3.8) is 0 Å². The van der Waals surface area contributed by atoms with E-state index in [2.05, 4.69) is 5.10 Å². The van der Waals surface area contributed by atoms with Gasteiger partial charge in [0.15, 0.2) is 0 Å². The lowest BCUT2D eigenvalue weighted by atomic mass is 9.95. The number of aromatic nitrogens is 2. The summed E-state index contributed by atoms with van der Waals surface area (Å²) >= 11 is 0. The molecule has 2 rings (SSSR count). The first kappa shape index (κ1) is 11.1. The van der Waals surface area contributed by atoms with Gasteiger partial charge in [0.1, 0.15) is 6.54 Å². The van der Waals surface area contributed by atoms with E-state index >= 15 is 0 Å². The highest BCUT2D eigenvalue weighted by Crippen LogP contribution is 2.20. The van der Waals surface area contributed by atoms with Gasteiger partial charge in [-0.2, -0.15) is 5.10 Å². The second-order valence-corrected chi connectivity index (χ2v) is 4.62. The Bertz CT molecular complexity index is 359. The first-order chi connectivity index (χ1) is 7.57. The van der Waals surface area contributed by atoms with Crippen LogP contribution in [0.2, 0.25) is 0 Å². The van der Waals surface area contributed by atoms with E-state index in [9.17, 15) is 9.90 Å². The number of carbonyl (C=O) groups excluding carboxylic acids is 1. The SMILES string of the molecule is CC1(O)CCCN(C(=O)Cn2cccn2)C1. The summed E-state index contributed by atoms with van der Waals surface area (Å²) < 4.78 is 1.60. The minimum absolute atomic E-state index is 0.0173. The van der Waals surface area contributed by atoms with Crippen LogP contribution in [-0.4, -0.2) is 44.4 Å². The molecular formula is C11H17N3O2. The molecule has 5 nitrogen and oxygen atoms in total. The van der Waals surface area contributed by atoms with Gasteiger partial charge in [0.05, 0.1) is 5.60 Å². The summed E-state index contributed by atoms with van der Waals surface area (Å²) in [6.07, 6.45) is 5.04. The molecule has 1 aliphatic rings. The van der Waals surface area contributed by atoms with Crippen LogP contribution in [0.3, 0.4) is 0 Å². The molecule has 0 spiro atoms. The van der Waals surface area contributed by atoms with Crippen LogP contribution in [0.15, 0.2) is 18.5 Å². The van der Waals surface area contributed by atoms with Crippen molar-refractivity contribution in [3.05, 3.63) is 18.5 Å². The number of nitrogens with zero attached hydrogens (tertiary/aromatic N) is 3. The number of amides is 1. The van der Waals surface area contributed by atoms with Gasteiger partial charge in [0, 0.05) is 25.5 Å². The van der Waals surface area contributed by atoms with E-state index in [4.69, 9.17) is 0 Å². The van der Waals surface area contributed by atoms with Gasteiger partial charge in [0.25, 0.3) is 0 Å². The Labute approximate surface area is 94.7 Å². The molecule has 1 aromatic rings. The summed E-state index contributed by atoms with van der Waals surface area (Å²) in [5.41, 5.74) is -0.738. The Morgan fingerprint density at radius 2 is 2.44 bits per heavy atom. The molecule has 0 aromatic carbocycles. The molecule has 1 aliphatic heterocycles. The summed E-state index contributed by atoms with van der Waals surface area (Å²) in [5, 5.41) is 13.9. The fourth-order valence-electron chi connectivity index (χ4n) is 2.07. The summed E-state index contributed by atoms with van der Waals surface area (Å²) in [5.74, 6) is 0.0173. The molecule has 1 aromatic heterocycles. The number of carbonyl (C=O) groups is 1. The smallest absolute Gasteiger partial charge is 0.244 e. The summed E-state index contributed by atoms with van der Waals surface area (Å²) in [7, 11) is 0. The normalized spacial score (nSPS) is 25.8. The van der Waals surface area contributed by atoms with E-state index in [1.54, 1.807) is 35.0 Å². The van der Waals surface area contributed by atoms with Gasteiger partial charge >= 0.3 is 0 Å². The fraction of sp³-hybridized carbons (Fsp3) is 0.636. The van der Waals surface area contributed by atoms with Gasteiger partial charge in [-0.15, -0.1) is 0 Å². The lowest BCUT2D eigenvalue weighted by Crippen LogP contribution is -2.49. The van der Waals surface area contributed by atoms with Gasteiger partial charge in [0.2, 0.25) is 5.91 Å². The Hall–Kier alpha value is -1.36. The Morgan fingerprint density at radius 1 is 1.62 bits per heavy atom. The Kier molecular flexibility index (Phi) is 2.96. The Balaban J connectivity index is 1.94. The highest BCUT2D eigenvalue weighted by atomic mass is 16.3. The van der Waals surface area contributed by atoms with Crippen molar-refractivity contribution in [1.82, 2.24) is 14.7 Å². The molecular weight excluding hydrogens is 206 g/mol. The molecule has 1 N–H and O–H groups in total. The number of rotatable bonds is 2. The van der Waals surface area contributed by atoms with Gasteiger partial charge in [-0.25, -0.2) is 0 Å². The third-order valence-corrected chi connectivity index (χ3v) is 2.88. The molecule has 1 amide bonds. The minimum atomic E-state index is -0.738. The van der Waals surface area contributed by atoms with Gasteiger partial charge in [-0.05, 0) is 25.8 Å². The highest BCUT2D eigenvalue weighted by molar-refractivity contribution is 5.76. The van der Waals surface area contributed by atoms with Crippen molar-refractivity contribution in [1.29, 1.82) is 0 Å². The number of hydrogen-bond donors (Lipinski definition) is 1. The van der Waals surface area contributed by atoms with E-state index < -0.39 is 5.60 Å². The number of piperidine rings is 1. The van der Waals surface area contributed by atoms with Crippen molar-refractivity contribution in [2.75, 3.05) is 13.1 Å². The molecule has 5 heteroatoms. The number of β-amino-alcohol motifs (C(OH)–C–C–N with tert-alkyl or cyclic N) is 1. The van der Waals surface area contributed by atoms with Crippen LogP contribution in [0, 0.1) is 0 Å². The third-order valence-electron chi connectivity index (χ3n) is 2.88. The predicted molar refractivity (Wildman–Crippen MR) is 58.7 cm³/mol. The topological polar surface area (TPSA) is 58.4 Å². The summed E-state index contributed by atoms with van der Waals surface area (Å²) in [6.45, 7) is 3.19. The summed E-state index contributed by atoms with van der Waals surface area (Å²) in [6, 6.07) is 1.79. The number of likely N-dealkylation sites (tertiary alicyclic amines) is 1. The van der Waals surface area contributed by atoms with Gasteiger partial charge < -0.3 is 10.0 Å². The molecule has 0 bridgehead atoms. The first-order valence-electron chi connectivity index (χ1n) is 5.54. The van der Waals surface area contributed by atoms with Crippen molar-refractivity contribution in [3.8, 4) is 0 Å². The molecule has 88 valence electrons. The van der Waals surface area contributed by atoms with Crippen molar-refractivity contribution in [2.45, 2.75) is 31.9 Å². The average Bonchev–Trinajstić information content (AvgIpc) is 2.69. The molecule has 16 heavy (non-hydrogen) atoms. The number of hydrogen-bond acceptors (Lipinski definition) is 3. The van der Waals surface area contributed by atoms with Gasteiger partial charge in [-0.1, -0.05) is 0 Å².